The Morgan fingerprint density at radius 3 is 1.95 bits per heavy atom. The van der Waals surface area contributed by atoms with Crippen LogP contribution < -0.4 is 5.32 Å². The van der Waals surface area contributed by atoms with Gasteiger partial charge < -0.3 is 29.0 Å². The second kappa shape index (κ2) is 36.1. The van der Waals surface area contributed by atoms with Crippen LogP contribution in [0.3, 0.4) is 0 Å². The van der Waals surface area contributed by atoms with Crippen LogP contribution in [0.1, 0.15) is 156 Å². The number of methoxy groups -OCH3 is 2. The Labute approximate surface area is 347 Å². The van der Waals surface area contributed by atoms with Gasteiger partial charge in [0.25, 0.3) is 0 Å². The lowest BCUT2D eigenvalue weighted by Gasteiger charge is -2.46. The molecule has 11 nitrogen and oxygen atoms in total. The topological polar surface area (TPSA) is 120 Å². The van der Waals surface area contributed by atoms with Crippen molar-refractivity contribution in [2.75, 3.05) is 40.6 Å². The number of carbonyl (C=O) groups excluding carboxylic acids is 1. The first-order valence-corrected chi connectivity index (χ1v) is 23.6. The number of amides is 1. The number of hydrogen-bond donors (Lipinski definition) is 1. The molecule has 1 aliphatic heterocycles. The number of hydrogen-bond acceptors (Lipinski definition) is 10. The summed E-state index contributed by atoms with van der Waals surface area (Å²) in [5.74, 6) is -0.160. The Morgan fingerprint density at radius 1 is 0.789 bits per heavy atom. The van der Waals surface area contributed by atoms with Gasteiger partial charge in [0.2, 0.25) is 12.2 Å². The maximum atomic E-state index is 14.0. The van der Waals surface area contributed by atoms with E-state index in [-0.39, 0.29) is 38.4 Å². The van der Waals surface area contributed by atoms with E-state index in [1.807, 2.05) is 6.92 Å². The van der Waals surface area contributed by atoms with Crippen LogP contribution in [0.5, 0.6) is 0 Å². The molecule has 1 fully saturated rings. The summed E-state index contributed by atoms with van der Waals surface area (Å²) in [6.07, 6.45) is 30.1. The summed E-state index contributed by atoms with van der Waals surface area (Å²) in [5.41, 5.74) is 0. The number of phosphoric ester groups is 1. The van der Waals surface area contributed by atoms with Crippen LogP contribution in [0.15, 0.2) is 49.8 Å². The fraction of sp³-hybridized carbons (Fsp3) is 0.800. The molecule has 0 bridgehead atoms. The van der Waals surface area contributed by atoms with E-state index in [2.05, 4.69) is 44.5 Å². The van der Waals surface area contributed by atoms with E-state index in [0.717, 1.165) is 51.4 Å². The summed E-state index contributed by atoms with van der Waals surface area (Å²) in [6.45, 7) is 13.8. The molecular weight excluding hydrogens is 745 g/mol. The van der Waals surface area contributed by atoms with E-state index in [1.54, 1.807) is 13.2 Å². The lowest BCUT2D eigenvalue weighted by atomic mass is 9.96. The van der Waals surface area contributed by atoms with Crippen molar-refractivity contribution >= 4 is 13.7 Å². The minimum absolute atomic E-state index is 0.0105. The molecule has 1 aliphatic rings. The summed E-state index contributed by atoms with van der Waals surface area (Å²) in [4.78, 5) is 13.6. The molecule has 1 saturated heterocycles. The third-order valence-corrected chi connectivity index (χ3v) is 11.4. The van der Waals surface area contributed by atoms with Crippen molar-refractivity contribution in [3.63, 3.8) is 0 Å². The molecule has 1 amide bonds. The molecule has 0 aromatic heterocycles. The smallest absolute Gasteiger partial charge is 0.471 e. The predicted octanol–water partition coefficient (Wildman–Crippen LogP) is 11.5. The molecule has 0 radical (unpaired) electrons. The van der Waals surface area contributed by atoms with Gasteiger partial charge in [-0.15, -0.1) is 13.2 Å². The normalized spacial score (nSPS) is 20.6. The van der Waals surface area contributed by atoms with Gasteiger partial charge in [-0.2, -0.15) is 0 Å². The number of allylic oxidation sites excluding steroid dienone is 3. The fourth-order valence-corrected chi connectivity index (χ4v) is 8.12. The first-order chi connectivity index (χ1) is 27.8. The highest BCUT2D eigenvalue weighted by Gasteiger charge is 2.52. The Hall–Kier alpha value is -1.82. The van der Waals surface area contributed by atoms with Crippen LogP contribution >= 0.6 is 7.82 Å². The minimum Gasteiger partial charge on any atom is -0.471 e. The second-order valence-electron chi connectivity index (χ2n) is 14.9. The molecule has 1 N–H and O–H groups in total. The molecule has 0 saturated carbocycles. The SMILES string of the molecule is C=CCOP(=O)(OCC=C)O[C@H]1[C@H](OCC[C@@H](CCCCCCC)OC)[C@@H](NC(=O)CCCCCCCCCC=CCCCCCC)C(OC=CC)O[C@@H]1COC. The average molecular weight is 828 g/mol. The van der Waals surface area contributed by atoms with Crippen LogP contribution in [0.4, 0.5) is 0 Å². The molecule has 332 valence electrons. The Bertz CT molecular complexity index is 1090. The summed E-state index contributed by atoms with van der Waals surface area (Å²) in [6, 6.07) is -0.834. The predicted molar refractivity (Wildman–Crippen MR) is 231 cm³/mol. The largest absolute Gasteiger partial charge is 0.475 e. The molecule has 12 heteroatoms. The van der Waals surface area contributed by atoms with Crippen molar-refractivity contribution in [1.29, 1.82) is 0 Å². The van der Waals surface area contributed by atoms with Gasteiger partial charge in [0.1, 0.15) is 24.4 Å². The molecule has 6 atom stereocenters. The van der Waals surface area contributed by atoms with Crippen LogP contribution in [-0.2, 0) is 46.6 Å². The maximum Gasteiger partial charge on any atom is 0.475 e. The highest BCUT2D eigenvalue weighted by Crippen LogP contribution is 2.52. The average Bonchev–Trinajstić information content (AvgIpc) is 3.21. The van der Waals surface area contributed by atoms with E-state index in [4.69, 9.17) is 37.3 Å². The molecule has 0 aliphatic carbocycles. The number of rotatable bonds is 39. The Morgan fingerprint density at radius 2 is 1.37 bits per heavy atom. The Kier molecular flexibility index (Phi) is 33.7. The summed E-state index contributed by atoms with van der Waals surface area (Å²) in [5, 5.41) is 3.14. The standard InChI is InChI=1S/C45H82NO10P/c1-8-13-15-17-18-19-20-21-22-23-24-25-26-28-30-32-41(47)46-42-44(51-37-33-39(50-7)31-29-27-16-14-9-2)43(40(38-49-6)55-45(42)52-34-10-3)56-57(48,53-35-11-4)54-36-12-5/h10-12,19-20,34,39-40,42-45H,4-5,8-9,13-18,21-33,35-38H2,1-3,6-7H3,(H,46,47)/t39-,40-,42-,43-,44-,45?/m1/s1. The van der Waals surface area contributed by atoms with Gasteiger partial charge in [0.05, 0.1) is 32.2 Å². The number of ether oxygens (including phenoxy) is 5. The second-order valence-corrected chi connectivity index (χ2v) is 16.5. The van der Waals surface area contributed by atoms with Crippen LogP contribution in [0.2, 0.25) is 0 Å². The zero-order chi connectivity index (χ0) is 41.8. The molecule has 1 rings (SSSR count). The van der Waals surface area contributed by atoms with Crippen LogP contribution in [0.25, 0.3) is 0 Å². The first kappa shape index (κ1) is 53.2. The number of carbonyl (C=O) groups is 1. The number of nitrogens with one attached hydrogen (secondary N) is 1. The minimum atomic E-state index is -4.20. The third kappa shape index (κ3) is 25.4. The monoisotopic (exact) mass is 828 g/mol. The van der Waals surface area contributed by atoms with Crippen molar-refractivity contribution in [3.8, 4) is 0 Å². The summed E-state index contributed by atoms with van der Waals surface area (Å²) >= 11 is 0. The molecule has 0 spiro atoms. The number of phosphoric acid groups is 1. The fourth-order valence-electron chi connectivity index (χ4n) is 6.79. The van der Waals surface area contributed by atoms with Gasteiger partial charge in [-0.1, -0.05) is 128 Å². The maximum absolute atomic E-state index is 14.0. The van der Waals surface area contributed by atoms with Gasteiger partial charge >= 0.3 is 7.82 Å². The zero-order valence-electron chi connectivity index (χ0n) is 36.5. The lowest BCUT2D eigenvalue weighted by Crippen LogP contribution is -2.66. The zero-order valence-corrected chi connectivity index (χ0v) is 37.4. The third-order valence-electron chi connectivity index (χ3n) is 9.98. The Balaban J connectivity index is 3.04. The van der Waals surface area contributed by atoms with E-state index in [1.165, 1.54) is 96.2 Å². The van der Waals surface area contributed by atoms with E-state index < -0.39 is 38.5 Å². The molecule has 1 heterocycles. The molecule has 0 aromatic rings. The summed E-state index contributed by atoms with van der Waals surface area (Å²) < 4.78 is 61.8. The van der Waals surface area contributed by atoms with Gasteiger partial charge in [-0.25, -0.2) is 4.57 Å². The van der Waals surface area contributed by atoms with Crippen molar-refractivity contribution in [2.45, 2.75) is 192 Å². The molecule has 1 unspecified atom stereocenters. The quantitative estimate of drug-likeness (QED) is 0.0277. The van der Waals surface area contributed by atoms with Crippen molar-refractivity contribution in [2.24, 2.45) is 0 Å². The highest BCUT2D eigenvalue weighted by atomic mass is 31.2. The molecule has 57 heavy (non-hydrogen) atoms. The van der Waals surface area contributed by atoms with Crippen molar-refractivity contribution < 1.29 is 46.6 Å². The molecular formula is C45H82NO10P. The number of unbranched alkanes of at least 4 members (excludes halogenated alkanes) is 15. The van der Waals surface area contributed by atoms with Crippen molar-refractivity contribution in [3.05, 3.63) is 49.8 Å². The van der Waals surface area contributed by atoms with Crippen LogP contribution in [0, 0.1) is 0 Å². The lowest BCUT2D eigenvalue weighted by molar-refractivity contribution is -0.262. The highest BCUT2D eigenvalue weighted by molar-refractivity contribution is 7.48. The summed E-state index contributed by atoms with van der Waals surface area (Å²) in [7, 11) is -0.950. The first-order valence-electron chi connectivity index (χ1n) is 22.1. The van der Waals surface area contributed by atoms with Gasteiger partial charge in [-0.3, -0.25) is 18.4 Å². The van der Waals surface area contributed by atoms with E-state index in [0.29, 0.717) is 12.8 Å². The van der Waals surface area contributed by atoms with E-state index >= 15 is 0 Å². The van der Waals surface area contributed by atoms with Gasteiger partial charge in [0.15, 0.2) is 0 Å². The molecule has 0 aromatic carbocycles. The van der Waals surface area contributed by atoms with Gasteiger partial charge in [-0.05, 0) is 51.9 Å². The van der Waals surface area contributed by atoms with Crippen LogP contribution in [-0.4, -0.2) is 83.3 Å². The van der Waals surface area contributed by atoms with Crippen molar-refractivity contribution in [1.82, 2.24) is 5.32 Å². The van der Waals surface area contributed by atoms with E-state index in [9.17, 15) is 9.36 Å². The van der Waals surface area contributed by atoms with Gasteiger partial charge in [0, 0.05) is 27.2 Å².